The van der Waals surface area contributed by atoms with Crippen LogP contribution in [0.1, 0.15) is 33.0 Å². The number of benzene rings is 2. The highest BCUT2D eigenvalue weighted by Crippen LogP contribution is 2.41. The average Bonchev–Trinajstić information content (AvgIpc) is 2.68. The Morgan fingerprint density at radius 2 is 1.62 bits per heavy atom. The summed E-state index contributed by atoms with van der Waals surface area (Å²) in [5, 5.41) is 1.69. The summed E-state index contributed by atoms with van der Waals surface area (Å²) in [6.07, 6.45) is -8.18. The Morgan fingerprint density at radius 3 is 2.12 bits per heavy atom. The first-order chi connectivity index (χ1) is 14.8. The van der Waals surface area contributed by atoms with Crippen LogP contribution in [-0.4, -0.2) is 25.2 Å². The van der Waals surface area contributed by atoms with Crippen LogP contribution in [0.3, 0.4) is 0 Å². The number of hydrogen-bond acceptors (Lipinski definition) is 2. The molecule has 2 aromatic carbocycles. The van der Waals surface area contributed by atoms with Crippen LogP contribution in [0.15, 0.2) is 36.4 Å². The first kappa shape index (κ1) is 26.3. The Balaban J connectivity index is 2.48. The number of rotatable bonds is 6. The lowest BCUT2D eigenvalue weighted by molar-refractivity contribution is -0.139. The van der Waals surface area contributed by atoms with Crippen LogP contribution in [0, 0.1) is 0 Å². The van der Waals surface area contributed by atoms with Crippen molar-refractivity contribution in [1.82, 2.24) is 5.32 Å². The van der Waals surface area contributed by atoms with Gasteiger partial charge in [0, 0.05) is 13.1 Å². The maximum absolute atomic E-state index is 13.6. The van der Waals surface area contributed by atoms with Crippen molar-refractivity contribution in [2.45, 2.75) is 18.3 Å². The second kappa shape index (κ2) is 10.3. The summed E-state index contributed by atoms with van der Waals surface area (Å²) in [6.45, 7) is -0.0251. The van der Waals surface area contributed by atoms with Crippen LogP contribution < -0.4 is 11.1 Å². The Morgan fingerprint density at radius 1 is 1.03 bits per heavy atom. The number of alkyl halides is 6. The molecule has 0 aliphatic carbocycles. The normalized spacial score (nSPS) is 13.4. The van der Waals surface area contributed by atoms with Crippen molar-refractivity contribution >= 4 is 46.8 Å². The number of halogens is 9. The topological polar surface area (TPSA) is 55.1 Å². The van der Waals surface area contributed by atoms with Crippen LogP contribution in [0.2, 0.25) is 15.1 Å². The summed E-state index contributed by atoms with van der Waals surface area (Å²) in [5.74, 6) is -3.23. The third-order valence-corrected chi connectivity index (χ3v) is 5.42. The monoisotopic (exact) mass is 518 g/mol. The molecule has 3 N–H and O–H groups in total. The van der Waals surface area contributed by atoms with Crippen LogP contribution in [0.4, 0.5) is 26.3 Å². The molecule has 0 saturated heterocycles. The fourth-order valence-corrected chi connectivity index (χ4v) is 3.36. The molecule has 32 heavy (non-hydrogen) atoms. The number of carbonyl (C=O) groups excluding carboxylic acids is 1. The van der Waals surface area contributed by atoms with Gasteiger partial charge in [-0.2, -0.15) is 26.3 Å². The lowest BCUT2D eigenvalue weighted by Crippen LogP contribution is -2.30. The molecule has 12 heteroatoms. The zero-order valence-corrected chi connectivity index (χ0v) is 18.2. The SMILES string of the molecule is NCCNC(=O)c1ccc(/C=C/C(c2cc(Cl)c(Cl)c(Cl)c2)C(F)(F)F)cc1C(F)(F)F. The van der Waals surface area contributed by atoms with Crippen molar-refractivity contribution in [2.75, 3.05) is 13.1 Å². The molecule has 0 aliphatic heterocycles. The molecule has 0 aromatic heterocycles. The van der Waals surface area contributed by atoms with Gasteiger partial charge in [-0.3, -0.25) is 4.79 Å². The number of allylic oxidation sites excluding steroid dienone is 1. The van der Waals surface area contributed by atoms with E-state index < -0.39 is 35.3 Å². The number of nitrogens with two attached hydrogens (primary N) is 1. The zero-order chi connectivity index (χ0) is 24.3. The predicted molar refractivity (Wildman–Crippen MR) is 112 cm³/mol. The molecule has 2 rings (SSSR count). The van der Waals surface area contributed by atoms with Crippen molar-refractivity contribution < 1.29 is 31.1 Å². The second-order valence-electron chi connectivity index (χ2n) is 6.52. The Hall–Kier alpha value is -1.94. The summed E-state index contributed by atoms with van der Waals surface area (Å²) in [7, 11) is 0. The Labute approximate surface area is 194 Å². The highest BCUT2D eigenvalue weighted by Gasteiger charge is 2.39. The van der Waals surface area contributed by atoms with Crippen molar-refractivity contribution in [3.8, 4) is 0 Å². The molecular weight excluding hydrogens is 505 g/mol. The summed E-state index contributed by atoms with van der Waals surface area (Å²) < 4.78 is 81.2. The molecule has 1 amide bonds. The van der Waals surface area contributed by atoms with E-state index >= 15 is 0 Å². The largest absolute Gasteiger partial charge is 0.417 e. The van der Waals surface area contributed by atoms with Gasteiger partial charge in [0.15, 0.2) is 0 Å². The second-order valence-corrected chi connectivity index (χ2v) is 7.72. The van der Waals surface area contributed by atoms with Gasteiger partial charge in [0.2, 0.25) is 0 Å². The molecule has 0 fully saturated rings. The number of carbonyl (C=O) groups is 1. The van der Waals surface area contributed by atoms with E-state index in [1.54, 1.807) is 0 Å². The van der Waals surface area contributed by atoms with Crippen molar-refractivity contribution in [3.63, 3.8) is 0 Å². The Bertz CT molecular complexity index is 998. The maximum Gasteiger partial charge on any atom is 0.417 e. The molecule has 0 radical (unpaired) electrons. The molecule has 0 bridgehead atoms. The number of hydrogen-bond donors (Lipinski definition) is 2. The molecule has 1 unspecified atom stereocenters. The highest BCUT2D eigenvalue weighted by molar-refractivity contribution is 6.48. The fraction of sp³-hybridized carbons (Fsp3) is 0.250. The minimum absolute atomic E-state index is 0.0193. The third kappa shape index (κ3) is 6.54. The maximum atomic E-state index is 13.6. The summed E-state index contributed by atoms with van der Waals surface area (Å²) >= 11 is 17.4. The third-order valence-electron chi connectivity index (χ3n) is 4.22. The number of nitrogens with one attached hydrogen (secondary N) is 1. The summed E-state index contributed by atoms with van der Waals surface area (Å²) in [6, 6.07) is 4.52. The summed E-state index contributed by atoms with van der Waals surface area (Å²) in [4.78, 5) is 12.0. The van der Waals surface area contributed by atoms with Gasteiger partial charge >= 0.3 is 12.4 Å². The summed E-state index contributed by atoms with van der Waals surface area (Å²) in [5.41, 5.74) is 2.70. The van der Waals surface area contributed by atoms with Gasteiger partial charge < -0.3 is 11.1 Å². The standard InChI is InChI=1S/C20H15Cl3F6N2O/c21-15-8-11(9-16(22)17(15)23)13(19(24,25)26)4-2-10-1-3-12(18(32)31-6-5-30)14(7-10)20(27,28)29/h1-4,7-9,13H,5-6,30H2,(H,31,32)/b4-2+. The van der Waals surface area contributed by atoms with Crippen molar-refractivity contribution in [3.05, 3.63) is 73.7 Å². The van der Waals surface area contributed by atoms with Gasteiger partial charge in [-0.1, -0.05) is 53.0 Å². The minimum atomic E-state index is -4.92. The minimum Gasteiger partial charge on any atom is -0.351 e. The zero-order valence-electron chi connectivity index (χ0n) is 15.9. The van der Waals surface area contributed by atoms with E-state index in [0.29, 0.717) is 12.1 Å². The van der Waals surface area contributed by atoms with Crippen LogP contribution in [0.25, 0.3) is 6.08 Å². The van der Waals surface area contributed by atoms with Gasteiger partial charge in [0.25, 0.3) is 5.91 Å². The van der Waals surface area contributed by atoms with Gasteiger partial charge in [-0.05, 0) is 35.4 Å². The molecule has 3 nitrogen and oxygen atoms in total. The van der Waals surface area contributed by atoms with Crippen LogP contribution in [-0.2, 0) is 6.18 Å². The molecular formula is C20H15Cl3F6N2O. The predicted octanol–water partition coefficient (Wildman–Crippen LogP) is 6.71. The fourth-order valence-electron chi connectivity index (χ4n) is 2.75. The van der Waals surface area contributed by atoms with E-state index in [9.17, 15) is 31.1 Å². The van der Waals surface area contributed by atoms with Gasteiger partial charge in [0.1, 0.15) is 0 Å². The van der Waals surface area contributed by atoms with E-state index in [1.807, 2.05) is 0 Å². The van der Waals surface area contributed by atoms with Gasteiger partial charge in [-0.25, -0.2) is 0 Å². The van der Waals surface area contributed by atoms with E-state index in [4.69, 9.17) is 40.5 Å². The van der Waals surface area contributed by atoms with Gasteiger partial charge in [0.05, 0.1) is 32.1 Å². The molecule has 0 saturated carbocycles. The van der Waals surface area contributed by atoms with Crippen molar-refractivity contribution in [1.29, 1.82) is 0 Å². The van der Waals surface area contributed by atoms with Gasteiger partial charge in [-0.15, -0.1) is 0 Å². The first-order valence-electron chi connectivity index (χ1n) is 8.84. The average molecular weight is 520 g/mol. The number of amides is 1. The smallest absolute Gasteiger partial charge is 0.351 e. The van der Waals surface area contributed by atoms with E-state index in [0.717, 1.165) is 30.3 Å². The molecule has 0 heterocycles. The molecule has 0 spiro atoms. The highest BCUT2D eigenvalue weighted by atomic mass is 35.5. The molecule has 1 atom stereocenters. The lowest BCUT2D eigenvalue weighted by Gasteiger charge is -2.18. The van der Waals surface area contributed by atoms with E-state index in [2.05, 4.69) is 5.32 Å². The van der Waals surface area contributed by atoms with Crippen molar-refractivity contribution in [2.24, 2.45) is 5.73 Å². The quantitative estimate of drug-likeness (QED) is 0.329. The molecule has 0 aliphatic rings. The van der Waals surface area contributed by atoms with E-state index in [1.165, 1.54) is 0 Å². The molecule has 2 aromatic rings. The van der Waals surface area contributed by atoms with Crippen LogP contribution >= 0.6 is 34.8 Å². The molecule has 174 valence electrons. The van der Waals surface area contributed by atoms with Crippen LogP contribution in [0.5, 0.6) is 0 Å². The lowest BCUT2D eigenvalue weighted by atomic mass is 9.96. The first-order valence-corrected chi connectivity index (χ1v) is 9.98. The van der Waals surface area contributed by atoms with E-state index in [-0.39, 0.29) is 39.3 Å². The Kier molecular flexibility index (Phi) is 8.50.